The first-order valence-corrected chi connectivity index (χ1v) is 4.45. The Morgan fingerprint density at radius 1 is 1.40 bits per heavy atom. The minimum atomic E-state index is 0.518. The summed E-state index contributed by atoms with van der Waals surface area (Å²) in [4.78, 5) is 0. The summed E-state index contributed by atoms with van der Waals surface area (Å²) in [5.74, 6) is 1.23. The number of benzene rings is 1. The Morgan fingerprint density at radius 2 is 2.27 bits per heavy atom. The van der Waals surface area contributed by atoms with Gasteiger partial charge >= 0.3 is 0 Å². The molecule has 0 spiro atoms. The van der Waals surface area contributed by atoms with Crippen molar-refractivity contribution in [2.75, 3.05) is 19.5 Å². The number of hydrogen-bond acceptors (Lipinski definition) is 5. The first-order chi connectivity index (χ1) is 7.36. The molecule has 0 unspecified atom stereocenters. The number of aromatic amines is 1. The van der Waals surface area contributed by atoms with Crippen LogP contribution in [0.15, 0.2) is 18.2 Å². The van der Waals surface area contributed by atoms with E-state index in [1.54, 1.807) is 7.11 Å². The van der Waals surface area contributed by atoms with Crippen LogP contribution in [0, 0.1) is 0 Å². The summed E-state index contributed by atoms with van der Waals surface area (Å²) in [5, 5.41) is 16.8. The second-order valence-electron chi connectivity index (χ2n) is 2.87. The maximum Gasteiger partial charge on any atom is 0.208 e. The van der Waals surface area contributed by atoms with Crippen molar-refractivity contribution in [1.82, 2.24) is 20.6 Å². The van der Waals surface area contributed by atoms with E-state index < -0.39 is 0 Å². The zero-order chi connectivity index (χ0) is 10.7. The molecular formula is C9H11N5O. The molecule has 0 aliphatic carbocycles. The van der Waals surface area contributed by atoms with Crippen LogP contribution < -0.4 is 10.1 Å². The predicted molar refractivity (Wildman–Crippen MR) is 55.7 cm³/mol. The first kappa shape index (κ1) is 9.45. The van der Waals surface area contributed by atoms with E-state index in [1.807, 2.05) is 25.2 Å². The van der Waals surface area contributed by atoms with Crippen molar-refractivity contribution in [2.24, 2.45) is 0 Å². The molecule has 2 aromatic rings. The van der Waals surface area contributed by atoms with Gasteiger partial charge in [0.15, 0.2) is 5.75 Å². The third kappa shape index (κ3) is 1.61. The van der Waals surface area contributed by atoms with Gasteiger partial charge in [0.1, 0.15) is 0 Å². The molecule has 0 radical (unpaired) electrons. The summed E-state index contributed by atoms with van der Waals surface area (Å²) in [6.45, 7) is 0. The number of nitrogens with one attached hydrogen (secondary N) is 2. The second kappa shape index (κ2) is 3.95. The number of ether oxygens (including phenoxy) is 1. The highest BCUT2D eigenvalue weighted by molar-refractivity contribution is 5.74. The van der Waals surface area contributed by atoms with E-state index in [4.69, 9.17) is 4.74 Å². The average Bonchev–Trinajstić information content (AvgIpc) is 2.81. The van der Waals surface area contributed by atoms with Gasteiger partial charge in [-0.2, -0.15) is 5.21 Å². The third-order valence-electron chi connectivity index (χ3n) is 2.07. The minimum absolute atomic E-state index is 0.518. The summed E-state index contributed by atoms with van der Waals surface area (Å²) in [7, 11) is 3.44. The van der Waals surface area contributed by atoms with Gasteiger partial charge in [-0.05, 0) is 17.3 Å². The summed E-state index contributed by atoms with van der Waals surface area (Å²) in [6.07, 6.45) is 0. The van der Waals surface area contributed by atoms with Crippen LogP contribution in [-0.4, -0.2) is 34.8 Å². The standard InChI is InChI=1S/C9H11N5O/c1-10-7-5-3-4-6(8(7)15-2)9-11-13-14-12-9/h3-5,10H,1-2H3,(H,11,12,13,14). The molecule has 1 aromatic carbocycles. The van der Waals surface area contributed by atoms with Crippen molar-refractivity contribution in [2.45, 2.75) is 0 Å². The van der Waals surface area contributed by atoms with E-state index >= 15 is 0 Å². The number of nitrogens with zero attached hydrogens (tertiary/aromatic N) is 3. The van der Waals surface area contributed by atoms with Crippen molar-refractivity contribution < 1.29 is 4.74 Å². The number of H-pyrrole nitrogens is 1. The molecule has 1 aromatic heterocycles. The Morgan fingerprint density at radius 3 is 2.87 bits per heavy atom. The Bertz CT molecular complexity index is 440. The van der Waals surface area contributed by atoms with Crippen LogP contribution in [0.4, 0.5) is 5.69 Å². The van der Waals surface area contributed by atoms with E-state index in [2.05, 4.69) is 25.9 Å². The largest absolute Gasteiger partial charge is 0.494 e. The van der Waals surface area contributed by atoms with Gasteiger partial charge in [0, 0.05) is 7.05 Å². The lowest BCUT2D eigenvalue weighted by Gasteiger charge is -2.10. The van der Waals surface area contributed by atoms with E-state index in [9.17, 15) is 0 Å². The predicted octanol–water partition coefficient (Wildman–Crippen LogP) is 0.917. The van der Waals surface area contributed by atoms with Crippen molar-refractivity contribution in [3.05, 3.63) is 18.2 Å². The summed E-state index contributed by atoms with van der Waals surface area (Å²) >= 11 is 0. The molecule has 0 atom stereocenters. The summed E-state index contributed by atoms with van der Waals surface area (Å²) in [6, 6.07) is 5.70. The Balaban J connectivity index is 2.56. The molecule has 0 saturated carbocycles. The average molecular weight is 205 g/mol. The molecule has 0 aliphatic heterocycles. The first-order valence-electron chi connectivity index (χ1n) is 4.45. The lowest BCUT2D eigenvalue weighted by molar-refractivity contribution is 0.418. The molecule has 6 heteroatoms. The Kier molecular flexibility index (Phi) is 2.49. The molecule has 2 rings (SSSR count). The van der Waals surface area contributed by atoms with Crippen LogP contribution in [0.1, 0.15) is 0 Å². The van der Waals surface area contributed by atoms with Crippen LogP contribution >= 0.6 is 0 Å². The Labute approximate surface area is 86.7 Å². The van der Waals surface area contributed by atoms with Crippen LogP contribution in [-0.2, 0) is 0 Å². The van der Waals surface area contributed by atoms with Crippen molar-refractivity contribution in [3.8, 4) is 17.1 Å². The van der Waals surface area contributed by atoms with Crippen molar-refractivity contribution >= 4 is 5.69 Å². The smallest absolute Gasteiger partial charge is 0.208 e. The molecule has 6 nitrogen and oxygen atoms in total. The number of tetrazole rings is 1. The van der Waals surface area contributed by atoms with Crippen LogP contribution in [0.2, 0.25) is 0 Å². The molecule has 2 N–H and O–H groups in total. The molecule has 15 heavy (non-hydrogen) atoms. The molecule has 0 fully saturated rings. The number of anilines is 1. The third-order valence-corrected chi connectivity index (χ3v) is 2.07. The molecule has 0 amide bonds. The van der Waals surface area contributed by atoms with E-state index in [1.165, 1.54) is 0 Å². The van der Waals surface area contributed by atoms with Crippen molar-refractivity contribution in [1.29, 1.82) is 0 Å². The van der Waals surface area contributed by atoms with Gasteiger partial charge in [0.05, 0.1) is 18.4 Å². The molecule has 0 saturated heterocycles. The number of rotatable bonds is 3. The molecular weight excluding hydrogens is 194 g/mol. The lowest BCUT2D eigenvalue weighted by atomic mass is 10.1. The maximum atomic E-state index is 5.31. The van der Waals surface area contributed by atoms with Crippen molar-refractivity contribution in [3.63, 3.8) is 0 Å². The molecule has 1 heterocycles. The number of hydrogen-bond donors (Lipinski definition) is 2. The van der Waals surface area contributed by atoms with Gasteiger partial charge in [0.25, 0.3) is 0 Å². The van der Waals surface area contributed by atoms with Crippen LogP contribution in [0.5, 0.6) is 5.75 Å². The van der Waals surface area contributed by atoms with Gasteiger partial charge in [-0.3, -0.25) is 0 Å². The van der Waals surface area contributed by atoms with Gasteiger partial charge < -0.3 is 10.1 Å². The minimum Gasteiger partial charge on any atom is -0.494 e. The van der Waals surface area contributed by atoms with Gasteiger partial charge in [-0.15, -0.1) is 10.2 Å². The summed E-state index contributed by atoms with van der Waals surface area (Å²) in [5.41, 5.74) is 1.69. The van der Waals surface area contributed by atoms with Gasteiger partial charge in [0.2, 0.25) is 5.82 Å². The van der Waals surface area contributed by atoms with E-state index in [-0.39, 0.29) is 0 Å². The van der Waals surface area contributed by atoms with Gasteiger partial charge in [-0.1, -0.05) is 6.07 Å². The highest BCUT2D eigenvalue weighted by Gasteiger charge is 2.12. The topological polar surface area (TPSA) is 75.7 Å². The fourth-order valence-corrected chi connectivity index (χ4v) is 1.41. The second-order valence-corrected chi connectivity index (χ2v) is 2.87. The fraction of sp³-hybridized carbons (Fsp3) is 0.222. The summed E-state index contributed by atoms with van der Waals surface area (Å²) < 4.78 is 5.31. The highest BCUT2D eigenvalue weighted by Crippen LogP contribution is 2.33. The zero-order valence-corrected chi connectivity index (χ0v) is 8.48. The number of para-hydroxylation sites is 1. The van der Waals surface area contributed by atoms with Crippen LogP contribution in [0.25, 0.3) is 11.4 Å². The fourth-order valence-electron chi connectivity index (χ4n) is 1.41. The normalized spacial score (nSPS) is 10.0. The lowest BCUT2D eigenvalue weighted by Crippen LogP contribution is -1.96. The van der Waals surface area contributed by atoms with E-state index in [0.717, 1.165) is 11.3 Å². The quantitative estimate of drug-likeness (QED) is 0.779. The number of aromatic nitrogens is 4. The molecule has 0 bridgehead atoms. The van der Waals surface area contributed by atoms with Gasteiger partial charge in [-0.25, -0.2) is 0 Å². The molecule has 78 valence electrons. The number of methoxy groups -OCH3 is 1. The zero-order valence-electron chi connectivity index (χ0n) is 8.48. The van der Waals surface area contributed by atoms with Crippen LogP contribution in [0.3, 0.4) is 0 Å². The molecule has 0 aliphatic rings. The SMILES string of the molecule is CNc1cccc(-c2nn[nH]n2)c1OC. The highest BCUT2D eigenvalue weighted by atomic mass is 16.5. The monoisotopic (exact) mass is 205 g/mol. The van der Waals surface area contributed by atoms with E-state index in [0.29, 0.717) is 11.6 Å². The maximum absolute atomic E-state index is 5.31. The Hall–Kier alpha value is -2.11.